The number of amidine groups is 1. The van der Waals surface area contributed by atoms with E-state index < -0.39 is 5.60 Å². The molecule has 0 saturated heterocycles. The van der Waals surface area contributed by atoms with Crippen molar-refractivity contribution in [1.29, 1.82) is 0 Å². The van der Waals surface area contributed by atoms with Crippen LogP contribution in [0.15, 0.2) is 83.5 Å². The van der Waals surface area contributed by atoms with Gasteiger partial charge in [-0.1, -0.05) is 60.7 Å². The lowest BCUT2D eigenvalue weighted by Gasteiger charge is -2.43. The molecule has 1 saturated carbocycles. The molecule has 0 spiro atoms. The first-order valence-electron chi connectivity index (χ1n) is 12.3. The van der Waals surface area contributed by atoms with Crippen molar-refractivity contribution < 1.29 is 14.6 Å². The molecule has 182 valence electrons. The first kappa shape index (κ1) is 23.4. The number of carbonyl (C=O) groups excluding carboxylic acids is 1. The highest BCUT2D eigenvalue weighted by Gasteiger charge is 2.42. The molecule has 2 aromatic rings. The summed E-state index contributed by atoms with van der Waals surface area (Å²) in [6.07, 6.45) is 8.42. The predicted molar refractivity (Wildman–Crippen MR) is 137 cm³/mol. The van der Waals surface area contributed by atoms with Crippen LogP contribution in [0.3, 0.4) is 0 Å². The Bertz CT molecular complexity index is 1170. The summed E-state index contributed by atoms with van der Waals surface area (Å²) in [7, 11) is 0. The largest absolute Gasteiger partial charge is 0.444 e. The van der Waals surface area contributed by atoms with E-state index in [4.69, 9.17) is 9.73 Å². The molecule has 0 bridgehead atoms. The van der Waals surface area contributed by atoms with Crippen molar-refractivity contribution in [2.75, 3.05) is 6.61 Å². The monoisotopic (exact) mass is 471 g/mol. The molecule has 1 aliphatic carbocycles. The van der Waals surface area contributed by atoms with Crippen molar-refractivity contribution in [3.8, 4) is 0 Å². The summed E-state index contributed by atoms with van der Waals surface area (Å²) in [5.74, 6) is 0.819. The maximum Gasteiger partial charge on any atom is 0.408 e. The Morgan fingerprint density at radius 3 is 2.43 bits per heavy atom. The van der Waals surface area contributed by atoms with Gasteiger partial charge < -0.3 is 20.1 Å². The number of alkyl carbamates (subject to hydrolysis) is 1. The second-order valence-corrected chi connectivity index (χ2v) is 10.5. The average molecular weight is 472 g/mol. The molecular formula is C29H33N3O3. The van der Waals surface area contributed by atoms with Crippen LogP contribution in [-0.4, -0.2) is 34.1 Å². The minimum atomic E-state index is -0.532. The Hall–Kier alpha value is -3.38. The molecule has 3 aliphatic rings. The van der Waals surface area contributed by atoms with Crippen LogP contribution in [0.4, 0.5) is 4.79 Å². The lowest BCUT2D eigenvalue weighted by atomic mass is 9.71. The number of hydrogen-bond donors (Lipinski definition) is 2. The van der Waals surface area contributed by atoms with Crippen LogP contribution in [0.25, 0.3) is 0 Å². The van der Waals surface area contributed by atoms with E-state index in [2.05, 4.69) is 46.6 Å². The number of nitrogens with one attached hydrogen (secondary N) is 1. The van der Waals surface area contributed by atoms with E-state index in [0.717, 1.165) is 41.8 Å². The predicted octanol–water partition coefficient (Wildman–Crippen LogP) is 5.53. The maximum absolute atomic E-state index is 12.5. The lowest BCUT2D eigenvalue weighted by Crippen LogP contribution is -2.52. The number of aliphatic imine (C=N–C) groups is 1. The van der Waals surface area contributed by atoms with Gasteiger partial charge in [-0.25, -0.2) is 4.79 Å². The third-order valence-corrected chi connectivity index (χ3v) is 7.00. The Labute approximate surface area is 207 Å². The van der Waals surface area contributed by atoms with Gasteiger partial charge in [0.25, 0.3) is 0 Å². The minimum Gasteiger partial charge on any atom is -0.444 e. The van der Waals surface area contributed by atoms with E-state index in [1.807, 2.05) is 57.3 Å². The highest BCUT2D eigenvalue weighted by molar-refractivity contribution is 6.02. The molecule has 5 rings (SSSR count). The minimum absolute atomic E-state index is 0.00102. The molecule has 2 aliphatic heterocycles. The molecule has 0 aromatic heterocycles. The molecule has 2 atom stereocenters. The van der Waals surface area contributed by atoms with Crippen molar-refractivity contribution in [3.63, 3.8) is 0 Å². The number of amides is 1. The molecule has 6 nitrogen and oxygen atoms in total. The number of fused-ring (bicyclic) bond motifs is 1. The van der Waals surface area contributed by atoms with E-state index >= 15 is 0 Å². The fourth-order valence-corrected chi connectivity index (χ4v) is 5.18. The Morgan fingerprint density at radius 2 is 1.83 bits per heavy atom. The normalized spacial score (nSPS) is 22.6. The van der Waals surface area contributed by atoms with E-state index in [1.54, 1.807) is 0 Å². The zero-order valence-corrected chi connectivity index (χ0v) is 20.6. The number of benzene rings is 2. The van der Waals surface area contributed by atoms with Gasteiger partial charge in [0.2, 0.25) is 0 Å². The summed E-state index contributed by atoms with van der Waals surface area (Å²) in [4.78, 5) is 19.8. The van der Waals surface area contributed by atoms with Gasteiger partial charge in [-0.15, -0.1) is 0 Å². The van der Waals surface area contributed by atoms with Crippen LogP contribution >= 0.6 is 0 Å². The molecule has 0 radical (unpaired) electrons. The number of allylic oxidation sites excluding steroid dienone is 2. The first-order chi connectivity index (χ1) is 16.8. The van der Waals surface area contributed by atoms with Gasteiger partial charge in [-0.3, -0.25) is 4.99 Å². The van der Waals surface area contributed by atoms with Crippen LogP contribution in [0, 0.1) is 0 Å². The van der Waals surface area contributed by atoms with Crippen LogP contribution in [0.5, 0.6) is 0 Å². The van der Waals surface area contributed by atoms with E-state index in [-0.39, 0.29) is 30.3 Å². The second-order valence-electron chi connectivity index (χ2n) is 10.5. The third kappa shape index (κ3) is 4.50. The third-order valence-electron chi connectivity index (χ3n) is 7.00. The Morgan fingerprint density at radius 1 is 1.11 bits per heavy atom. The fourth-order valence-electron chi connectivity index (χ4n) is 5.18. The van der Waals surface area contributed by atoms with Crippen molar-refractivity contribution in [3.05, 3.63) is 95.2 Å². The van der Waals surface area contributed by atoms with Crippen LogP contribution in [-0.2, 0) is 10.3 Å². The number of carbonyl (C=O) groups is 1. The van der Waals surface area contributed by atoms with Crippen molar-refractivity contribution in [2.45, 2.75) is 63.3 Å². The molecule has 2 heterocycles. The zero-order chi connectivity index (χ0) is 24.6. The fraction of sp³-hybridized carbons (Fsp3) is 0.379. The molecule has 1 amide bonds. The topological polar surface area (TPSA) is 74.2 Å². The van der Waals surface area contributed by atoms with Gasteiger partial charge in [-0.2, -0.15) is 0 Å². The van der Waals surface area contributed by atoms with E-state index in [9.17, 15) is 9.90 Å². The molecule has 2 unspecified atom stereocenters. The van der Waals surface area contributed by atoms with Crippen molar-refractivity contribution >= 4 is 11.9 Å². The van der Waals surface area contributed by atoms with E-state index in [1.165, 1.54) is 5.56 Å². The van der Waals surface area contributed by atoms with Gasteiger partial charge in [0.15, 0.2) is 0 Å². The molecule has 2 N–H and O–H groups in total. The maximum atomic E-state index is 12.5. The number of rotatable bonds is 5. The molecular weight excluding hydrogens is 438 g/mol. The summed E-state index contributed by atoms with van der Waals surface area (Å²) in [6, 6.07) is 18.7. The standard InChI is InChI=1S/C29H33N3O3/c1-28(2,3)35-27(34)31-29(16-8-17-29)23-14-12-20(13-15-23)24-25(21-9-5-4-6-10-21)32-18-7-11-22(19-33)26(32)30-24/h4-7,9-15,18,24-25,33H,8,16-17,19H2,1-3H3,(H,31,34). The average Bonchev–Trinajstić information content (AvgIpc) is 3.21. The molecule has 1 fully saturated rings. The first-order valence-corrected chi connectivity index (χ1v) is 12.3. The number of aliphatic hydroxyl groups excluding tert-OH is 1. The highest BCUT2D eigenvalue weighted by atomic mass is 16.6. The second kappa shape index (κ2) is 9.00. The van der Waals surface area contributed by atoms with Crippen LogP contribution in [0.1, 0.15) is 68.8 Å². The molecule has 6 heteroatoms. The number of ether oxygens (including phenoxy) is 1. The van der Waals surface area contributed by atoms with Crippen molar-refractivity contribution in [1.82, 2.24) is 10.2 Å². The Balaban J connectivity index is 1.44. The van der Waals surface area contributed by atoms with Crippen LogP contribution < -0.4 is 5.32 Å². The lowest BCUT2D eigenvalue weighted by molar-refractivity contribution is 0.0377. The smallest absolute Gasteiger partial charge is 0.408 e. The van der Waals surface area contributed by atoms with Gasteiger partial charge in [0.05, 0.1) is 18.2 Å². The summed E-state index contributed by atoms with van der Waals surface area (Å²) in [6.45, 7) is 5.58. The van der Waals surface area contributed by atoms with Gasteiger partial charge in [-0.05, 0) is 62.8 Å². The highest BCUT2D eigenvalue weighted by Crippen LogP contribution is 2.46. The molecule has 2 aromatic carbocycles. The van der Waals surface area contributed by atoms with Crippen LogP contribution in [0.2, 0.25) is 0 Å². The Kier molecular flexibility index (Phi) is 6.01. The van der Waals surface area contributed by atoms with Crippen molar-refractivity contribution in [2.24, 2.45) is 4.99 Å². The summed E-state index contributed by atoms with van der Waals surface area (Å²) in [5, 5.41) is 13.0. The number of aliphatic hydroxyl groups is 1. The van der Waals surface area contributed by atoms with Gasteiger partial charge >= 0.3 is 6.09 Å². The number of nitrogens with zero attached hydrogens (tertiary/aromatic N) is 2. The van der Waals surface area contributed by atoms with Gasteiger partial charge in [0.1, 0.15) is 17.5 Å². The van der Waals surface area contributed by atoms with Gasteiger partial charge in [0, 0.05) is 11.8 Å². The SMILES string of the molecule is CC(C)(C)OC(=O)NC1(c2ccc(C3N=C4C(CO)=CC=CN4C3c3ccccc3)cc2)CCC1. The summed E-state index contributed by atoms with van der Waals surface area (Å²) >= 11 is 0. The van der Waals surface area contributed by atoms with E-state index in [0.29, 0.717) is 0 Å². The summed E-state index contributed by atoms with van der Waals surface area (Å²) < 4.78 is 5.53. The number of hydrogen-bond acceptors (Lipinski definition) is 5. The zero-order valence-electron chi connectivity index (χ0n) is 20.6. The summed E-state index contributed by atoms with van der Waals surface area (Å²) in [5.41, 5.74) is 3.27. The molecule has 35 heavy (non-hydrogen) atoms. The quantitative estimate of drug-likeness (QED) is 0.601.